The van der Waals surface area contributed by atoms with Crippen LogP contribution in [0.15, 0.2) is 16.8 Å². The Labute approximate surface area is 90.6 Å². The van der Waals surface area contributed by atoms with Gasteiger partial charge in [0.1, 0.15) is 11.3 Å². The summed E-state index contributed by atoms with van der Waals surface area (Å²) < 4.78 is 0. The molecule has 5 heteroatoms. The van der Waals surface area contributed by atoms with E-state index in [1.807, 2.05) is 23.8 Å². The highest BCUT2D eigenvalue weighted by Gasteiger charge is 2.19. The van der Waals surface area contributed by atoms with Crippen molar-refractivity contribution in [1.29, 1.82) is 0 Å². The highest BCUT2D eigenvalue weighted by atomic mass is 32.1. The molecule has 0 unspecified atom stereocenters. The van der Waals surface area contributed by atoms with Crippen LogP contribution in [0.5, 0.6) is 0 Å². The van der Waals surface area contributed by atoms with Crippen molar-refractivity contribution in [3.8, 4) is 11.3 Å². The number of carboxylic acid groups (broad SMARTS) is 1. The van der Waals surface area contributed by atoms with Crippen LogP contribution in [0, 0.1) is 0 Å². The van der Waals surface area contributed by atoms with Gasteiger partial charge in [0.2, 0.25) is 0 Å². The Morgan fingerprint density at radius 2 is 2.47 bits per heavy atom. The molecule has 2 aromatic rings. The van der Waals surface area contributed by atoms with Gasteiger partial charge in [0.25, 0.3) is 0 Å². The summed E-state index contributed by atoms with van der Waals surface area (Å²) in [5, 5.41) is 19.7. The van der Waals surface area contributed by atoms with Crippen LogP contribution in [0.2, 0.25) is 0 Å². The minimum atomic E-state index is -0.929. The highest BCUT2D eigenvalue weighted by Crippen LogP contribution is 2.25. The van der Waals surface area contributed by atoms with E-state index < -0.39 is 5.97 Å². The Morgan fingerprint density at radius 1 is 1.67 bits per heavy atom. The minimum absolute atomic E-state index is 0.288. The number of thiophene rings is 1. The monoisotopic (exact) mass is 222 g/mol. The third-order valence-electron chi connectivity index (χ3n) is 2.20. The van der Waals surface area contributed by atoms with Crippen molar-refractivity contribution < 1.29 is 9.90 Å². The zero-order chi connectivity index (χ0) is 10.8. The molecule has 0 radical (unpaired) electrons. The number of aromatic amines is 1. The topological polar surface area (TPSA) is 66.0 Å². The Balaban J connectivity index is 2.58. The number of rotatable bonds is 3. The summed E-state index contributed by atoms with van der Waals surface area (Å²) in [5.74, 6) is -0.929. The fourth-order valence-electron chi connectivity index (χ4n) is 1.47. The fourth-order valence-corrected chi connectivity index (χ4v) is 2.11. The molecule has 2 heterocycles. The van der Waals surface area contributed by atoms with E-state index in [2.05, 4.69) is 10.2 Å². The molecule has 0 saturated heterocycles. The van der Waals surface area contributed by atoms with Crippen molar-refractivity contribution in [3.63, 3.8) is 0 Å². The SMILES string of the molecule is CCc1[nH]nc(-c2ccsc2)c1C(=O)O. The number of nitrogens with one attached hydrogen (secondary N) is 1. The van der Waals surface area contributed by atoms with E-state index in [1.165, 1.54) is 11.3 Å². The molecule has 0 bridgehead atoms. The molecule has 2 N–H and O–H groups in total. The van der Waals surface area contributed by atoms with Gasteiger partial charge in [0.05, 0.1) is 5.69 Å². The Kier molecular flexibility index (Phi) is 2.55. The average Bonchev–Trinajstić information content (AvgIpc) is 2.85. The minimum Gasteiger partial charge on any atom is -0.478 e. The van der Waals surface area contributed by atoms with Crippen molar-refractivity contribution in [3.05, 3.63) is 28.1 Å². The molecule has 0 aliphatic carbocycles. The van der Waals surface area contributed by atoms with Crippen molar-refractivity contribution in [2.45, 2.75) is 13.3 Å². The molecule has 78 valence electrons. The van der Waals surface area contributed by atoms with Gasteiger partial charge in [0.15, 0.2) is 0 Å². The lowest BCUT2D eigenvalue weighted by molar-refractivity contribution is 0.0696. The van der Waals surface area contributed by atoms with Gasteiger partial charge >= 0.3 is 5.97 Å². The molecule has 4 nitrogen and oxygen atoms in total. The molecule has 0 atom stereocenters. The molecule has 0 amide bonds. The van der Waals surface area contributed by atoms with Gasteiger partial charge in [-0.25, -0.2) is 4.79 Å². The third kappa shape index (κ3) is 1.66. The van der Waals surface area contributed by atoms with Crippen LogP contribution in [0.1, 0.15) is 23.0 Å². The highest BCUT2D eigenvalue weighted by molar-refractivity contribution is 7.08. The Hall–Kier alpha value is -1.62. The molecule has 2 rings (SSSR count). The molecule has 15 heavy (non-hydrogen) atoms. The number of carboxylic acids is 1. The van der Waals surface area contributed by atoms with Crippen molar-refractivity contribution in [2.75, 3.05) is 0 Å². The second kappa shape index (κ2) is 3.86. The van der Waals surface area contributed by atoms with Gasteiger partial charge in [-0.1, -0.05) is 6.92 Å². The molecule has 0 spiro atoms. The number of aromatic nitrogens is 2. The first kappa shape index (κ1) is 9.92. The number of nitrogens with zero attached hydrogens (tertiary/aromatic N) is 1. The van der Waals surface area contributed by atoms with Crippen LogP contribution in [0.3, 0.4) is 0 Å². The van der Waals surface area contributed by atoms with E-state index in [9.17, 15) is 4.79 Å². The molecule has 0 fully saturated rings. The van der Waals surface area contributed by atoms with Gasteiger partial charge < -0.3 is 5.11 Å². The number of aryl methyl sites for hydroxylation is 1. The summed E-state index contributed by atoms with van der Waals surface area (Å²) in [6, 6.07) is 1.87. The fraction of sp³-hybridized carbons (Fsp3) is 0.200. The van der Waals surface area contributed by atoms with Gasteiger partial charge in [0, 0.05) is 10.9 Å². The van der Waals surface area contributed by atoms with Crippen LogP contribution >= 0.6 is 11.3 Å². The third-order valence-corrected chi connectivity index (χ3v) is 2.89. The predicted octanol–water partition coefficient (Wildman–Crippen LogP) is 2.40. The number of hydrogen-bond acceptors (Lipinski definition) is 3. The summed E-state index contributed by atoms with van der Waals surface area (Å²) >= 11 is 1.52. The lowest BCUT2D eigenvalue weighted by Crippen LogP contribution is -2.00. The normalized spacial score (nSPS) is 10.5. The number of carbonyl (C=O) groups is 1. The summed E-state index contributed by atoms with van der Waals surface area (Å²) in [6.45, 7) is 1.90. The van der Waals surface area contributed by atoms with Crippen molar-refractivity contribution in [1.82, 2.24) is 10.2 Å². The maximum atomic E-state index is 11.1. The van der Waals surface area contributed by atoms with Gasteiger partial charge in [-0.05, 0) is 17.9 Å². The maximum absolute atomic E-state index is 11.1. The lowest BCUT2D eigenvalue weighted by Gasteiger charge is -1.96. The molecule has 2 aromatic heterocycles. The number of aromatic carboxylic acids is 1. The summed E-state index contributed by atoms with van der Waals surface area (Å²) in [4.78, 5) is 11.1. The van der Waals surface area contributed by atoms with Crippen LogP contribution in [-0.2, 0) is 6.42 Å². The van der Waals surface area contributed by atoms with Crippen molar-refractivity contribution in [2.24, 2.45) is 0 Å². The second-order valence-electron chi connectivity index (χ2n) is 3.10. The van der Waals surface area contributed by atoms with E-state index in [0.717, 1.165) is 5.56 Å². The smallest absolute Gasteiger partial charge is 0.339 e. The lowest BCUT2D eigenvalue weighted by atomic mass is 10.1. The van der Waals surface area contributed by atoms with Crippen LogP contribution in [-0.4, -0.2) is 21.3 Å². The van der Waals surface area contributed by atoms with E-state index in [4.69, 9.17) is 5.11 Å². The van der Waals surface area contributed by atoms with Gasteiger partial charge in [-0.15, -0.1) is 0 Å². The predicted molar refractivity (Wildman–Crippen MR) is 58.2 cm³/mol. The van der Waals surface area contributed by atoms with E-state index in [0.29, 0.717) is 17.8 Å². The second-order valence-corrected chi connectivity index (χ2v) is 3.88. The number of H-pyrrole nitrogens is 1. The first-order chi connectivity index (χ1) is 7.24. The van der Waals surface area contributed by atoms with Gasteiger partial charge in [-0.2, -0.15) is 16.4 Å². The summed E-state index contributed by atoms with van der Waals surface area (Å²) in [5.41, 5.74) is 2.34. The summed E-state index contributed by atoms with van der Waals surface area (Å²) in [7, 11) is 0. The Bertz CT molecular complexity index is 474. The van der Waals surface area contributed by atoms with Gasteiger partial charge in [-0.3, -0.25) is 5.10 Å². The maximum Gasteiger partial charge on any atom is 0.339 e. The molecule has 0 saturated carbocycles. The quantitative estimate of drug-likeness (QED) is 0.838. The molecule has 0 aliphatic heterocycles. The van der Waals surface area contributed by atoms with Crippen molar-refractivity contribution >= 4 is 17.3 Å². The summed E-state index contributed by atoms with van der Waals surface area (Å²) in [6.07, 6.45) is 0.638. The van der Waals surface area contributed by atoms with E-state index in [-0.39, 0.29) is 5.56 Å². The zero-order valence-corrected chi connectivity index (χ0v) is 8.97. The zero-order valence-electron chi connectivity index (χ0n) is 8.15. The largest absolute Gasteiger partial charge is 0.478 e. The van der Waals surface area contributed by atoms with Crippen LogP contribution in [0.25, 0.3) is 11.3 Å². The average molecular weight is 222 g/mol. The molecular weight excluding hydrogens is 212 g/mol. The molecular formula is C10H10N2O2S. The van der Waals surface area contributed by atoms with E-state index in [1.54, 1.807) is 0 Å². The van der Waals surface area contributed by atoms with Crippen LogP contribution in [0.4, 0.5) is 0 Å². The standard InChI is InChI=1S/C10H10N2O2S/c1-2-7-8(10(13)14)9(12-11-7)6-3-4-15-5-6/h3-5H,2H2,1H3,(H,11,12)(H,13,14). The first-order valence-corrected chi connectivity index (χ1v) is 5.51. The number of hydrogen-bond donors (Lipinski definition) is 2. The molecule has 0 aliphatic rings. The van der Waals surface area contributed by atoms with E-state index >= 15 is 0 Å². The van der Waals surface area contributed by atoms with Crippen LogP contribution < -0.4 is 0 Å². The Morgan fingerprint density at radius 3 is 3.00 bits per heavy atom. The molecule has 0 aromatic carbocycles. The first-order valence-electron chi connectivity index (χ1n) is 4.57.